The van der Waals surface area contributed by atoms with Crippen molar-refractivity contribution in [3.8, 4) is 0 Å². The molecule has 2 aromatic heterocycles. The Morgan fingerprint density at radius 3 is 3.20 bits per heavy atom. The molecule has 15 heavy (non-hydrogen) atoms. The predicted octanol–water partition coefficient (Wildman–Crippen LogP) is 0.800. The van der Waals surface area contributed by atoms with Crippen LogP contribution >= 0.6 is 0 Å². The van der Waals surface area contributed by atoms with Gasteiger partial charge >= 0.3 is 0 Å². The standard InChI is InChI=1S/C9H13N5O/c1-6(4-15-2)13-8-7-3-12-14-9(7)11-5-10-8/h3,5-6H,4H2,1-2H3,(H2,10,11,12,13,14)/t6-/m0/s1. The van der Waals surface area contributed by atoms with E-state index >= 15 is 0 Å². The van der Waals surface area contributed by atoms with Crippen LogP contribution in [0.4, 0.5) is 5.82 Å². The van der Waals surface area contributed by atoms with Gasteiger partial charge in [-0.3, -0.25) is 5.10 Å². The average Bonchev–Trinajstić information content (AvgIpc) is 2.67. The van der Waals surface area contributed by atoms with Crippen molar-refractivity contribution in [1.82, 2.24) is 20.2 Å². The Hall–Kier alpha value is -1.69. The lowest BCUT2D eigenvalue weighted by Gasteiger charge is -2.13. The number of nitrogens with zero attached hydrogens (tertiary/aromatic N) is 3. The molecular formula is C9H13N5O. The zero-order chi connectivity index (χ0) is 10.7. The third-order valence-corrected chi connectivity index (χ3v) is 2.05. The summed E-state index contributed by atoms with van der Waals surface area (Å²) in [7, 11) is 1.67. The van der Waals surface area contributed by atoms with Crippen molar-refractivity contribution in [2.24, 2.45) is 0 Å². The number of hydrogen-bond donors (Lipinski definition) is 2. The Labute approximate surface area is 87.1 Å². The van der Waals surface area contributed by atoms with Gasteiger partial charge in [-0.15, -0.1) is 0 Å². The SMILES string of the molecule is COC[C@H](C)Nc1ncnc2[nH]ncc12. The first-order chi connectivity index (χ1) is 7.31. The van der Waals surface area contributed by atoms with Gasteiger partial charge < -0.3 is 10.1 Å². The molecule has 0 fully saturated rings. The molecular weight excluding hydrogens is 194 g/mol. The second-order valence-electron chi connectivity index (χ2n) is 3.36. The van der Waals surface area contributed by atoms with E-state index in [1.54, 1.807) is 13.3 Å². The number of ether oxygens (including phenoxy) is 1. The number of H-pyrrole nitrogens is 1. The quantitative estimate of drug-likeness (QED) is 0.775. The summed E-state index contributed by atoms with van der Waals surface area (Å²) in [5.41, 5.74) is 0.733. The highest BCUT2D eigenvalue weighted by atomic mass is 16.5. The number of aromatic amines is 1. The van der Waals surface area contributed by atoms with Gasteiger partial charge in [-0.1, -0.05) is 0 Å². The largest absolute Gasteiger partial charge is 0.383 e. The average molecular weight is 207 g/mol. The van der Waals surface area contributed by atoms with Crippen molar-refractivity contribution in [1.29, 1.82) is 0 Å². The molecule has 0 bridgehead atoms. The highest BCUT2D eigenvalue weighted by Crippen LogP contribution is 2.16. The molecule has 6 nitrogen and oxygen atoms in total. The highest BCUT2D eigenvalue weighted by molar-refractivity contribution is 5.85. The Balaban J connectivity index is 2.23. The lowest BCUT2D eigenvalue weighted by Crippen LogP contribution is -2.21. The van der Waals surface area contributed by atoms with E-state index < -0.39 is 0 Å². The van der Waals surface area contributed by atoms with E-state index in [9.17, 15) is 0 Å². The van der Waals surface area contributed by atoms with Crippen LogP contribution in [0.5, 0.6) is 0 Å². The second kappa shape index (κ2) is 4.22. The molecule has 0 spiro atoms. The van der Waals surface area contributed by atoms with Crippen molar-refractivity contribution in [3.05, 3.63) is 12.5 Å². The summed E-state index contributed by atoms with van der Waals surface area (Å²) in [5.74, 6) is 0.776. The molecule has 0 saturated heterocycles. The molecule has 0 aromatic carbocycles. The minimum Gasteiger partial charge on any atom is -0.383 e. The van der Waals surface area contributed by atoms with Gasteiger partial charge in [-0.25, -0.2) is 9.97 Å². The Bertz CT molecular complexity index is 441. The van der Waals surface area contributed by atoms with Gasteiger partial charge in [0.1, 0.15) is 12.1 Å². The molecule has 6 heteroatoms. The summed E-state index contributed by atoms with van der Waals surface area (Å²) in [6.45, 7) is 2.65. The normalized spacial score (nSPS) is 12.9. The second-order valence-corrected chi connectivity index (χ2v) is 3.36. The van der Waals surface area contributed by atoms with E-state index in [0.717, 1.165) is 16.9 Å². The van der Waals surface area contributed by atoms with E-state index in [0.29, 0.717) is 6.61 Å². The molecule has 0 radical (unpaired) electrons. The van der Waals surface area contributed by atoms with E-state index in [4.69, 9.17) is 4.74 Å². The van der Waals surface area contributed by atoms with Gasteiger partial charge in [0.05, 0.1) is 18.2 Å². The lowest BCUT2D eigenvalue weighted by atomic mass is 10.3. The van der Waals surface area contributed by atoms with Gasteiger partial charge in [-0.05, 0) is 6.92 Å². The van der Waals surface area contributed by atoms with Gasteiger partial charge in [0, 0.05) is 13.2 Å². The van der Waals surface area contributed by atoms with Crippen molar-refractivity contribution >= 4 is 16.9 Å². The fourth-order valence-corrected chi connectivity index (χ4v) is 1.40. The zero-order valence-electron chi connectivity index (χ0n) is 8.69. The van der Waals surface area contributed by atoms with Crippen LogP contribution in [-0.4, -0.2) is 39.9 Å². The molecule has 0 amide bonds. The molecule has 0 unspecified atom stereocenters. The van der Waals surface area contributed by atoms with Crippen molar-refractivity contribution in [2.75, 3.05) is 19.0 Å². The van der Waals surface area contributed by atoms with Crippen LogP contribution in [0.3, 0.4) is 0 Å². The van der Waals surface area contributed by atoms with Crippen LogP contribution in [0, 0.1) is 0 Å². The third kappa shape index (κ3) is 2.04. The lowest BCUT2D eigenvalue weighted by molar-refractivity contribution is 0.190. The molecule has 1 atom stereocenters. The topological polar surface area (TPSA) is 75.7 Å². The van der Waals surface area contributed by atoms with Crippen LogP contribution in [0.15, 0.2) is 12.5 Å². The first kappa shape index (κ1) is 9.85. The minimum atomic E-state index is 0.197. The van der Waals surface area contributed by atoms with Gasteiger partial charge in [-0.2, -0.15) is 5.10 Å². The van der Waals surface area contributed by atoms with E-state index in [1.165, 1.54) is 6.33 Å². The molecule has 2 aromatic rings. The fraction of sp³-hybridized carbons (Fsp3) is 0.444. The van der Waals surface area contributed by atoms with Crippen molar-refractivity contribution < 1.29 is 4.74 Å². The maximum atomic E-state index is 5.04. The summed E-state index contributed by atoms with van der Waals surface area (Å²) in [5, 5.41) is 10.8. The summed E-state index contributed by atoms with van der Waals surface area (Å²) in [6, 6.07) is 0.197. The maximum absolute atomic E-state index is 5.04. The number of nitrogens with one attached hydrogen (secondary N) is 2. The Morgan fingerprint density at radius 2 is 2.40 bits per heavy atom. The third-order valence-electron chi connectivity index (χ3n) is 2.05. The molecule has 0 saturated carbocycles. The van der Waals surface area contributed by atoms with Crippen LogP contribution in [0.1, 0.15) is 6.92 Å². The molecule has 80 valence electrons. The van der Waals surface area contributed by atoms with Crippen LogP contribution in [0.2, 0.25) is 0 Å². The first-order valence-corrected chi connectivity index (χ1v) is 4.71. The molecule has 0 aliphatic heterocycles. The van der Waals surface area contributed by atoms with Crippen molar-refractivity contribution in [2.45, 2.75) is 13.0 Å². The predicted molar refractivity (Wildman–Crippen MR) is 56.6 cm³/mol. The molecule has 2 N–H and O–H groups in total. The van der Waals surface area contributed by atoms with E-state index in [-0.39, 0.29) is 6.04 Å². The number of fused-ring (bicyclic) bond motifs is 1. The smallest absolute Gasteiger partial charge is 0.160 e. The summed E-state index contributed by atoms with van der Waals surface area (Å²) in [4.78, 5) is 8.22. The molecule has 0 aliphatic rings. The zero-order valence-corrected chi connectivity index (χ0v) is 8.69. The summed E-state index contributed by atoms with van der Waals surface area (Å²) < 4.78 is 5.04. The van der Waals surface area contributed by atoms with Crippen molar-refractivity contribution in [3.63, 3.8) is 0 Å². The maximum Gasteiger partial charge on any atom is 0.160 e. The fourth-order valence-electron chi connectivity index (χ4n) is 1.40. The Kier molecular flexibility index (Phi) is 2.77. The van der Waals surface area contributed by atoms with Crippen LogP contribution < -0.4 is 5.32 Å². The number of aromatic nitrogens is 4. The number of anilines is 1. The van der Waals surface area contributed by atoms with E-state index in [1.807, 2.05) is 6.92 Å². The number of rotatable bonds is 4. The molecule has 2 heterocycles. The van der Waals surface area contributed by atoms with Crippen LogP contribution in [-0.2, 0) is 4.74 Å². The number of methoxy groups -OCH3 is 1. The Morgan fingerprint density at radius 1 is 1.53 bits per heavy atom. The molecule has 2 rings (SSSR count). The monoisotopic (exact) mass is 207 g/mol. The highest BCUT2D eigenvalue weighted by Gasteiger charge is 2.07. The summed E-state index contributed by atoms with van der Waals surface area (Å²) >= 11 is 0. The van der Waals surface area contributed by atoms with Gasteiger partial charge in [0.25, 0.3) is 0 Å². The van der Waals surface area contributed by atoms with E-state index in [2.05, 4.69) is 25.5 Å². The van der Waals surface area contributed by atoms with Gasteiger partial charge in [0.15, 0.2) is 5.65 Å². The summed E-state index contributed by atoms with van der Waals surface area (Å²) in [6.07, 6.45) is 3.21. The van der Waals surface area contributed by atoms with Crippen LogP contribution in [0.25, 0.3) is 11.0 Å². The molecule has 0 aliphatic carbocycles. The minimum absolute atomic E-state index is 0.197. The first-order valence-electron chi connectivity index (χ1n) is 4.71. The number of hydrogen-bond acceptors (Lipinski definition) is 5. The van der Waals surface area contributed by atoms with Gasteiger partial charge in [0.2, 0.25) is 0 Å².